The first-order chi connectivity index (χ1) is 8.67. The molecule has 0 aliphatic rings. The highest BCUT2D eigenvalue weighted by atomic mass is 16.5. The Morgan fingerprint density at radius 3 is 3.06 bits per heavy atom. The van der Waals surface area contributed by atoms with Crippen molar-refractivity contribution >= 4 is 11.8 Å². The Bertz CT molecular complexity index is 385. The van der Waals surface area contributed by atoms with Crippen LogP contribution < -0.4 is 5.32 Å². The summed E-state index contributed by atoms with van der Waals surface area (Å²) in [5.41, 5.74) is 0. The van der Waals surface area contributed by atoms with Gasteiger partial charge in [-0.15, -0.1) is 0 Å². The maximum absolute atomic E-state index is 11.2. The normalized spacial score (nSPS) is 11.9. The number of ether oxygens (including phenoxy) is 1. The van der Waals surface area contributed by atoms with Crippen LogP contribution in [0.3, 0.4) is 0 Å². The van der Waals surface area contributed by atoms with Gasteiger partial charge in [0.05, 0.1) is 7.11 Å². The second kappa shape index (κ2) is 7.60. The van der Waals surface area contributed by atoms with E-state index in [1.54, 1.807) is 6.07 Å². The van der Waals surface area contributed by atoms with E-state index in [0.717, 1.165) is 19.4 Å². The van der Waals surface area contributed by atoms with Gasteiger partial charge in [0.15, 0.2) is 0 Å². The van der Waals surface area contributed by atoms with Crippen LogP contribution in [0.5, 0.6) is 0 Å². The SMILES string of the molecule is COC(=O)c1nccc(NCCCC(C)CO)n1. The molecule has 0 spiro atoms. The fourth-order valence-electron chi connectivity index (χ4n) is 1.41. The Balaban J connectivity index is 2.40. The topological polar surface area (TPSA) is 84.3 Å². The van der Waals surface area contributed by atoms with Crippen molar-refractivity contribution in [1.29, 1.82) is 0 Å². The molecule has 1 heterocycles. The lowest BCUT2D eigenvalue weighted by Gasteiger charge is -2.09. The van der Waals surface area contributed by atoms with E-state index in [1.807, 2.05) is 6.92 Å². The van der Waals surface area contributed by atoms with Crippen LogP contribution in [0.2, 0.25) is 0 Å². The summed E-state index contributed by atoms with van der Waals surface area (Å²) in [7, 11) is 1.29. The van der Waals surface area contributed by atoms with Crippen molar-refractivity contribution < 1.29 is 14.6 Å². The summed E-state index contributed by atoms with van der Waals surface area (Å²) < 4.78 is 4.54. The zero-order chi connectivity index (χ0) is 13.4. The van der Waals surface area contributed by atoms with E-state index in [4.69, 9.17) is 5.11 Å². The zero-order valence-corrected chi connectivity index (χ0v) is 10.7. The molecular weight excluding hydrogens is 234 g/mol. The smallest absolute Gasteiger partial charge is 0.376 e. The summed E-state index contributed by atoms with van der Waals surface area (Å²) in [6.45, 7) is 2.95. The molecule has 0 fully saturated rings. The van der Waals surface area contributed by atoms with Gasteiger partial charge < -0.3 is 15.2 Å². The van der Waals surface area contributed by atoms with Crippen molar-refractivity contribution in [2.24, 2.45) is 5.92 Å². The van der Waals surface area contributed by atoms with Crippen molar-refractivity contribution in [1.82, 2.24) is 9.97 Å². The third-order valence-electron chi connectivity index (χ3n) is 2.52. The largest absolute Gasteiger partial charge is 0.463 e. The lowest BCUT2D eigenvalue weighted by Crippen LogP contribution is -2.11. The fraction of sp³-hybridized carbons (Fsp3) is 0.583. The van der Waals surface area contributed by atoms with Gasteiger partial charge in [-0.2, -0.15) is 0 Å². The van der Waals surface area contributed by atoms with E-state index in [2.05, 4.69) is 20.0 Å². The van der Waals surface area contributed by atoms with Gasteiger partial charge in [-0.1, -0.05) is 6.92 Å². The third-order valence-corrected chi connectivity index (χ3v) is 2.52. The molecule has 1 aromatic heterocycles. The van der Waals surface area contributed by atoms with Gasteiger partial charge in [0.25, 0.3) is 0 Å². The summed E-state index contributed by atoms with van der Waals surface area (Å²) in [4.78, 5) is 19.1. The van der Waals surface area contributed by atoms with E-state index >= 15 is 0 Å². The molecule has 0 aromatic carbocycles. The van der Waals surface area contributed by atoms with Crippen LogP contribution in [0.4, 0.5) is 5.82 Å². The zero-order valence-electron chi connectivity index (χ0n) is 10.7. The number of aliphatic hydroxyl groups is 1. The molecule has 0 saturated heterocycles. The minimum absolute atomic E-state index is 0.0474. The predicted octanol–water partition coefficient (Wildman–Crippen LogP) is 1.08. The van der Waals surface area contributed by atoms with Crippen LogP contribution in [0.25, 0.3) is 0 Å². The Kier molecular flexibility index (Phi) is 6.07. The Labute approximate surface area is 106 Å². The molecule has 0 aliphatic carbocycles. The van der Waals surface area contributed by atoms with Gasteiger partial charge in [-0.05, 0) is 24.8 Å². The Hall–Kier alpha value is -1.69. The van der Waals surface area contributed by atoms with Crippen LogP contribution in [0, 0.1) is 5.92 Å². The molecule has 0 saturated carbocycles. The molecule has 100 valence electrons. The van der Waals surface area contributed by atoms with Crippen LogP contribution >= 0.6 is 0 Å². The molecular formula is C12H19N3O3. The van der Waals surface area contributed by atoms with E-state index < -0.39 is 5.97 Å². The van der Waals surface area contributed by atoms with Crippen LogP contribution in [0.15, 0.2) is 12.3 Å². The molecule has 18 heavy (non-hydrogen) atoms. The number of aliphatic hydroxyl groups excluding tert-OH is 1. The number of esters is 1. The first-order valence-corrected chi connectivity index (χ1v) is 5.93. The second-order valence-corrected chi connectivity index (χ2v) is 4.11. The number of nitrogens with zero attached hydrogens (tertiary/aromatic N) is 2. The summed E-state index contributed by atoms with van der Waals surface area (Å²) in [6.07, 6.45) is 3.38. The number of aromatic nitrogens is 2. The highest BCUT2D eigenvalue weighted by Gasteiger charge is 2.09. The molecule has 6 nitrogen and oxygen atoms in total. The number of carbonyl (C=O) groups excluding carboxylic acids is 1. The third kappa shape index (κ3) is 4.67. The molecule has 0 radical (unpaired) electrons. The van der Waals surface area contributed by atoms with E-state index in [0.29, 0.717) is 11.7 Å². The van der Waals surface area contributed by atoms with Crippen molar-refractivity contribution in [2.75, 3.05) is 25.6 Å². The van der Waals surface area contributed by atoms with Gasteiger partial charge in [0.1, 0.15) is 5.82 Å². The number of rotatable bonds is 7. The minimum Gasteiger partial charge on any atom is -0.463 e. The first kappa shape index (κ1) is 14.4. The van der Waals surface area contributed by atoms with Gasteiger partial charge in [-0.25, -0.2) is 14.8 Å². The highest BCUT2D eigenvalue weighted by Crippen LogP contribution is 2.06. The molecule has 0 amide bonds. The number of hydrogen-bond donors (Lipinski definition) is 2. The monoisotopic (exact) mass is 253 g/mol. The van der Waals surface area contributed by atoms with E-state index in [1.165, 1.54) is 13.3 Å². The van der Waals surface area contributed by atoms with Gasteiger partial charge in [0, 0.05) is 19.3 Å². The van der Waals surface area contributed by atoms with Crippen molar-refractivity contribution in [2.45, 2.75) is 19.8 Å². The van der Waals surface area contributed by atoms with Crippen molar-refractivity contribution in [3.8, 4) is 0 Å². The Morgan fingerprint density at radius 1 is 1.61 bits per heavy atom. The Morgan fingerprint density at radius 2 is 2.39 bits per heavy atom. The van der Waals surface area contributed by atoms with Crippen LogP contribution in [0.1, 0.15) is 30.4 Å². The molecule has 1 rings (SSSR count). The lowest BCUT2D eigenvalue weighted by atomic mass is 10.1. The summed E-state index contributed by atoms with van der Waals surface area (Å²) in [6, 6.07) is 1.70. The van der Waals surface area contributed by atoms with Crippen molar-refractivity contribution in [3.05, 3.63) is 18.1 Å². The highest BCUT2D eigenvalue weighted by molar-refractivity contribution is 5.85. The van der Waals surface area contributed by atoms with E-state index in [9.17, 15) is 4.79 Å². The number of nitrogens with one attached hydrogen (secondary N) is 1. The molecule has 0 bridgehead atoms. The predicted molar refractivity (Wildman–Crippen MR) is 67.3 cm³/mol. The van der Waals surface area contributed by atoms with Gasteiger partial charge in [0.2, 0.25) is 5.82 Å². The van der Waals surface area contributed by atoms with E-state index in [-0.39, 0.29) is 12.4 Å². The molecule has 1 atom stereocenters. The average Bonchev–Trinajstić information content (AvgIpc) is 2.42. The number of carbonyl (C=O) groups is 1. The summed E-state index contributed by atoms with van der Waals surface area (Å²) >= 11 is 0. The molecule has 2 N–H and O–H groups in total. The number of hydrogen-bond acceptors (Lipinski definition) is 6. The van der Waals surface area contributed by atoms with Crippen LogP contribution in [-0.4, -0.2) is 41.3 Å². The van der Waals surface area contributed by atoms with Crippen molar-refractivity contribution in [3.63, 3.8) is 0 Å². The maximum Gasteiger partial charge on any atom is 0.376 e. The van der Waals surface area contributed by atoms with Gasteiger partial charge >= 0.3 is 5.97 Å². The quantitative estimate of drug-likeness (QED) is 0.559. The molecule has 0 aliphatic heterocycles. The maximum atomic E-state index is 11.2. The number of methoxy groups -OCH3 is 1. The molecule has 1 unspecified atom stereocenters. The molecule has 1 aromatic rings. The second-order valence-electron chi connectivity index (χ2n) is 4.11. The summed E-state index contributed by atoms with van der Waals surface area (Å²) in [5, 5.41) is 12.0. The van der Waals surface area contributed by atoms with Gasteiger partial charge in [-0.3, -0.25) is 0 Å². The number of anilines is 1. The summed E-state index contributed by atoms with van der Waals surface area (Å²) in [5.74, 6) is 0.406. The molecule has 6 heteroatoms. The van der Waals surface area contributed by atoms with Crippen LogP contribution in [-0.2, 0) is 4.74 Å². The lowest BCUT2D eigenvalue weighted by molar-refractivity contribution is 0.0587. The standard InChI is InChI=1S/C12H19N3O3/c1-9(8-16)4-3-6-13-10-5-7-14-11(15-10)12(17)18-2/h5,7,9,16H,3-4,6,8H2,1-2H3,(H,13,14,15). The first-order valence-electron chi connectivity index (χ1n) is 5.93. The minimum atomic E-state index is -0.549. The fourth-order valence-corrected chi connectivity index (χ4v) is 1.41. The average molecular weight is 253 g/mol.